The Kier molecular flexibility index (Phi) is 4.01. The Bertz CT molecular complexity index is 463. The number of rotatable bonds is 2. The summed E-state index contributed by atoms with van der Waals surface area (Å²) in [5.41, 5.74) is 0.657. The molecule has 3 unspecified atom stereocenters. The van der Waals surface area contributed by atoms with Crippen molar-refractivity contribution in [1.82, 2.24) is 9.88 Å². The number of carbonyl (C=O) groups is 1. The summed E-state index contributed by atoms with van der Waals surface area (Å²) in [5, 5.41) is 10.2. The summed E-state index contributed by atoms with van der Waals surface area (Å²) in [4.78, 5) is 18.6. The van der Waals surface area contributed by atoms with Crippen molar-refractivity contribution >= 4 is 5.91 Å². The van der Waals surface area contributed by atoms with Crippen molar-refractivity contribution in [2.24, 2.45) is 5.92 Å². The molecule has 2 fully saturated rings. The SMILES string of the molecule is O=C(c1cccnc1)N1CCCC1C1CCCCC1O. The average Bonchev–Trinajstić information content (AvgIpc) is 2.97. The van der Waals surface area contributed by atoms with E-state index in [1.165, 1.54) is 6.42 Å². The Hall–Kier alpha value is -1.42. The van der Waals surface area contributed by atoms with Gasteiger partial charge in [0.05, 0.1) is 11.7 Å². The number of aliphatic hydroxyl groups is 1. The van der Waals surface area contributed by atoms with Crippen molar-refractivity contribution < 1.29 is 9.90 Å². The number of amides is 1. The van der Waals surface area contributed by atoms with Crippen LogP contribution in [0.25, 0.3) is 0 Å². The highest BCUT2D eigenvalue weighted by molar-refractivity contribution is 5.94. The molecule has 20 heavy (non-hydrogen) atoms. The van der Waals surface area contributed by atoms with Crippen LogP contribution in [-0.2, 0) is 0 Å². The van der Waals surface area contributed by atoms with E-state index in [2.05, 4.69) is 4.98 Å². The molecule has 4 nitrogen and oxygen atoms in total. The molecular weight excluding hydrogens is 252 g/mol. The third-order valence-electron chi connectivity index (χ3n) is 4.74. The second-order valence-corrected chi connectivity index (χ2v) is 5.97. The van der Waals surface area contributed by atoms with Gasteiger partial charge in [-0.15, -0.1) is 0 Å². The van der Waals surface area contributed by atoms with Gasteiger partial charge in [-0.3, -0.25) is 9.78 Å². The molecule has 1 amide bonds. The minimum Gasteiger partial charge on any atom is -0.393 e. The standard InChI is InChI=1S/C16H22N2O2/c19-15-8-2-1-6-13(15)14-7-4-10-18(14)16(20)12-5-3-9-17-11-12/h3,5,9,11,13-15,19H,1-2,4,6-8,10H2. The molecule has 108 valence electrons. The molecule has 0 bridgehead atoms. The monoisotopic (exact) mass is 274 g/mol. The molecule has 2 aliphatic rings. The predicted molar refractivity (Wildman–Crippen MR) is 76.3 cm³/mol. The van der Waals surface area contributed by atoms with Gasteiger partial charge in [-0.1, -0.05) is 12.8 Å². The van der Waals surface area contributed by atoms with Crippen molar-refractivity contribution in [2.45, 2.75) is 50.7 Å². The topological polar surface area (TPSA) is 53.4 Å². The molecule has 1 N–H and O–H groups in total. The van der Waals surface area contributed by atoms with Gasteiger partial charge >= 0.3 is 0 Å². The van der Waals surface area contributed by atoms with Gasteiger partial charge in [0.1, 0.15) is 0 Å². The Morgan fingerprint density at radius 3 is 2.85 bits per heavy atom. The second-order valence-electron chi connectivity index (χ2n) is 5.97. The van der Waals surface area contributed by atoms with Crippen LogP contribution in [0, 0.1) is 5.92 Å². The third kappa shape index (κ3) is 2.57. The molecule has 3 atom stereocenters. The number of carbonyl (C=O) groups excluding carboxylic acids is 1. The number of hydrogen-bond acceptors (Lipinski definition) is 3. The van der Waals surface area contributed by atoms with E-state index < -0.39 is 0 Å². The molecule has 1 saturated heterocycles. The fourth-order valence-corrected chi connectivity index (χ4v) is 3.73. The Balaban J connectivity index is 1.77. The Labute approximate surface area is 119 Å². The van der Waals surface area contributed by atoms with Gasteiger partial charge in [0, 0.05) is 30.9 Å². The lowest BCUT2D eigenvalue weighted by atomic mass is 9.80. The van der Waals surface area contributed by atoms with Crippen molar-refractivity contribution in [1.29, 1.82) is 0 Å². The molecule has 1 aliphatic carbocycles. The minimum absolute atomic E-state index is 0.0679. The lowest BCUT2D eigenvalue weighted by Crippen LogP contribution is -2.45. The first-order valence-electron chi connectivity index (χ1n) is 7.66. The van der Waals surface area contributed by atoms with E-state index in [1.54, 1.807) is 18.5 Å². The summed E-state index contributed by atoms with van der Waals surface area (Å²) >= 11 is 0. The van der Waals surface area contributed by atoms with Crippen LogP contribution in [0.15, 0.2) is 24.5 Å². The van der Waals surface area contributed by atoms with Crippen LogP contribution in [0.4, 0.5) is 0 Å². The Morgan fingerprint density at radius 1 is 1.25 bits per heavy atom. The lowest BCUT2D eigenvalue weighted by molar-refractivity contribution is 0.0211. The zero-order valence-electron chi connectivity index (χ0n) is 11.7. The molecule has 1 aromatic rings. The molecule has 3 rings (SSSR count). The number of likely N-dealkylation sites (tertiary alicyclic amines) is 1. The molecule has 2 heterocycles. The molecule has 1 saturated carbocycles. The number of pyridine rings is 1. The van der Waals surface area contributed by atoms with Gasteiger partial charge in [0.25, 0.3) is 5.91 Å². The summed E-state index contributed by atoms with van der Waals surface area (Å²) in [7, 11) is 0. The van der Waals surface area contributed by atoms with Gasteiger partial charge in [-0.05, 0) is 37.8 Å². The van der Waals surface area contributed by atoms with Crippen molar-refractivity contribution in [3.63, 3.8) is 0 Å². The summed E-state index contributed by atoms with van der Waals surface area (Å²) < 4.78 is 0. The van der Waals surface area contributed by atoms with E-state index in [0.29, 0.717) is 5.56 Å². The first kappa shape index (κ1) is 13.6. The van der Waals surface area contributed by atoms with Gasteiger partial charge in [-0.25, -0.2) is 0 Å². The maximum atomic E-state index is 12.6. The molecule has 0 aromatic carbocycles. The Morgan fingerprint density at radius 2 is 2.10 bits per heavy atom. The zero-order chi connectivity index (χ0) is 13.9. The normalized spacial score (nSPS) is 30.4. The second kappa shape index (κ2) is 5.92. The maximum absolute atomic E-state index is 12.6. The van der Waals surface area contributed by atoms with E-state index in [1.807, 2.05) is 11.0 Å². The van der Waals surface area contributed by atoms with Gasteiger partial charge in [0.2, 0.25) is 0 Å². The van der Waals surface area contributed by atoms with E-state index in [4.69, 9.17) is 0 Å². The summed E-state index contributed by atoms with van der Waals surface area (Å²) in [6.07, 6.45) is 9.36. The summed E-state index contributed by atoms with van der Waals surface area (Å²) in [6.45, 7) is 0.807. The summed E-state index contributed by atoms with van der Waals surface area (Å²) in [5.74, 6) is 0.324. The van der Waals surface area contributed by atoms with Gasteiger partial charge in [-0.2, -0.15) is 0 Å². The van der Waals surface area contributed by atoms with E-state index in [0.717, 1.165) is 38.6 Å². The summed E-state index contributed by atoms with van der Waals surface area (Å²) in [6, 6.07) is 3.83. The number of nitrogens with zero attached hydrogens (tertiary/aromatic N) is 2. The van der Waals surface area contributed by atoms with Crippen LogP contribution in [0.2, 0.25) is 0 Å². The molecule has 4 heteroatoms. The zero-order valence-corrected chi connectivity index (χ0v) is 11.7. The molecule has 1 aliphatic heterocycles. The molecule has 1 aromatic heterocycles. The van der Waals surface area contributed by atoms with Crippen LogP contribution in [-0.4, -0.2) is 39.6 Å². The molecule has 0 radical (unpaired) electrons. The molecular formula is C16H22N2O2. The van der Waals surface area contributed by atoms with Gasteiger partial charge < -0.3 is 10.0 Å². The molecule has 0 spiro atoms. The van der Waals surface area contributed by atoms with Gasteiger partial charge in [0.15, 0.2) is 0 Å². The van der Waals surface area contributed by atoms with E-state index in [-0.39, 0.29) is 24.0 Å². The lowest BCUT2D eigenvalue weighted by Gasteiger charge is -2.37. The highest BCUT2D eigenvalue weighted by Gasteiger charge is 2.39. The average molecular weight is 274 g/mol. The number of hydrogen-bond donors (Lipinski definition) is 1. The third-order valence-corrected chi connectivity index (χ3v) is 4.74. The maximum Gasteiger partial charge on any atom is 0.255 e. The first-order chi connectivity index (χ1) is 9.77. The fourth-order valence-electron chi connectivity index (χ4n) is 3.73. The largest absolute Gasteiger partial charge is 0.393 e. The minimum atomic E-state index is -0.240. The van der Waals surface area contributed by atoms with Crippen LogP contribution in [0.3, 0.4) is 0 Å². The predicted octanol–water partition coefficient (Wildman–Crippen LogP) is 2.24. The van der Waals surface area contributed by atoms with Crippen LogP contribution >= 0.6 is 0 Å². The van der Waals surface area contributed by atoms with Crippen LogP contribution in [0.5, 0.6) is 0 Å². The van der Waals surface area contributed by atoms with Crippen LogP contribution in [0.1, 0.15) is 48.9 Å². The number of aliphatic hydroxyl groups excluding tert-OH is 1. The van der Waals surface area contributed by atoms with E-state index >= 15 is 0 Å². The van der Waals surface area contributed by atoms with Crippen molar-refractivity contribution in [2.75, 3.05) is 6.54 Å². The number of aromatic nitrogens is 1. The smallest absolute Gasteiger partial charge is 0.255 e. The highest BCUT2D eigenvalue weighted by Crippen LogP contribution is 2.35. The first-order valence-corrected chi connectivity index (χ1v) is 7.66. The van der Waals surface area contributed by atoms with E-state index in [9.17, 15) is 9.90 Å². The fraction of sp³-hybridized carbons (Fsp3) is 0.625. The van der Waals surface area contributed by atoms with Crippen molar-refractivity contribution in [3.05, 3.63) is 30.1 Å². The highest BCUT2D eigenvalue weighted by atomic mass is 16.3. The van der Waals surface area contributed by atoms with Crippen LogP contribution < -0.4 is 0 Å². The quantitative estimate of drug-likeness (QED) is 0.900. The van der Waals surface area contributed by atoms with Crippen molar-refractivity contribution in [3.8, 4) is 0 Å².